The molecular formula is C47H76O19. The van der Waals surface area contributed by atoms with Gasteiger partial charge in [0.15, 0.2) is 12.6 Å². The first-order valence-electron chi connectivity index (χ1n) is 23.8. The summed E-state index contributed by atoms with van der Waals surface area (Å²) in [6.07, 6.45) is -16.6. The molecule has 19 nitrogen and oxygen atoms in total. The van der Waals surface area contributed by atoms with Gasteiger partial charge in [-0.3, -0.25) is 9.59 Å². The summed E-state index contributed by atoms with van der Waals surface area (Å²) in [5, 5.41) is 117. The van der Waals surface area contributed by atoms with Crippen molar-refractivity contribution in [3.63, 3.8) is 0 Å². The Hall–Kier alpha value is -1.76. The van der Waals surface area contributed by atoms with Gasteiger partial charge in [-0.15, -0.1) is 0 Å². The van der Waals surface area contributed by atoms with E-state index in [1.165, 1.54) is 6.92 Å². The van der Waals surface area contributed by atoms with Gasteiger partial charge < -0.3 is 84.6 Å². The summed E-state index contributed by atoms with van der Waals surface area (Å²) in [6, 6.07) is 0. The zero-order valence-electron chi connectivity index (χ0n) is 39.2. The van der Waals surface area contributed by atoms with Gasteiger partial charge in [0.1, 0.15) is 72.9 Å². The lowest BCUT2D eigenvalue weighted by Crippen LogP contribution is -2.66. The lowest BCUT2D eigenvalue weighted by Gasteiger charge is -2.71. The van der Waals surface area contributed by atoms with Crippen molar-refractivity contribution in [2.75, 3.05) is 19.8 Å². The molecule has 378 valence electrons. The van der Waals surface area contributed by atoms with E-state index < -0.39 is 134 Å². The SMILES string of the molecule is CC(=O)C(C)CCC1(C(=O)OC2OC(CO)C(O)C(O)C2O)C=C2C(O)CC3C4(C)CCC(OC5OCC(O)C(OC6OC(CO)C(O)C(O)C6O)C5O)C(C)(C)C4CCC3(C)C2(C)CC1. The second kappa shape index (κ2) is 19.1. The Morgan fingerprint density at radius 3 is 1.94 bits per heavy atom. The molecule has 0 radical (unpaired) electrons. The second-order valence-corrected chi connectivity index (χ2v) is 22.1. The van der Waals surface area contributed by atoms with Crippen LogP contribution in [0.4, 0.5) is 0 Å². The van der Waals surface area contributed by atoms with Gasteiger partial charge in [-0.25, -0.2) is 0 Å². The fourth-order valence-corrected chi connectivity index (χ4v) is 13.6. The molecule has 3 heterocycles. The summed E-state index contributed by atoms with van der Waals surface area (Å²) in [4.78, 5) is 26.9. The van der Waals surface area contributed by atoms with Crippen LogP contribution in [-0.4, -0.2) is 186 Å². The number of aliphatic hydroxyl groups excluding tert-OH is 11. The minimum absolute atomic E-state index is 0.0235. The van der Waals surface area contributed by atoms with Gasteiger partial charge in [0.05, 0.1) is 37.4 Å². The van der Waals surface area contributed by atoms with Gasteiger partial charge in [-0.2, -0.15) is 0 Å². The highest BCUT2D eigenvalue weighted by Gasteiger charge is 2.69. The first kappa shape index (κ1) is 52.1. The fourth-order valence-electron chi connectivity index (χ4n) is 13.6. The molecule has 3 saturated heterocycles. The van der Waals surface area contributed by atoms with E-state index >= 15 is 0 Å². The molecule has 66 heavy (non-hydrogen) atoms. The van der Waals surface area contributed by atoms with E-state index in [0.717, 1.165) is 18.4 Å². The monoisotopic (exact) mass is 944 g/mol. The molecule has 23 unspecified atom stereocenters. The average molecular weight is 945 g/mol. The van der Waals surface area contributed by atoms with Gasteiger partial charge in [0.25, 0.3) is 0 Å². The minimum atomic E-state index is -1.80. The van der Waals surface area contributed by atoms with Gasteiger partial charge in [-0.1, -0.05) is 47.6 Å². The van der Waals surface area contributed by atoms with Crippen LogP contribution in [0, 0.1) is 44.8 Å². The van der Waals surface area contributed by atoms with Gasteiger partial charge in [-0.05, 0) is 104 Å². The Balaban J connectivity index is 1.10. The number of aliphatic hydroxyl groups is 11. The van der Waals surface area contributed by atoms with Crippen molar-refractivity contribution < 1.29 is 94.2 Å². The number of esters is 1. The molecule has 19 heteroatoms. The number of ketones is 1. The molecular weight excluding hydrogens is 868 g/mol. The lowest BCUT2D eigenvalue weighted by molar-refractivity contribution is -0.357. The molecule has 0 aromatic heterocycles. The maximum Gasteiger partial charge on any atom is 0.318 e. The molecule has 3 aliphatic heterocycles. The summed E-state index contributed by atoms with van der Waals surface area (Å²) < 4.78 is 35.1. The summed E-state index contributed by atoms with van der Waals surface area (Å²) in [6.45, 7) is 12.6. The number of ether oxygens (including phenoxy) is 6. The molecule has 11 N–H and O–H groups in total. The van der Waals surface area contributed by atoms with E-state index in [2.05, 4.69) is 34.6 Å². The molecule has 3 saturated carbocycles. The van der Waals surface area contributed by atoms with Crippen LogP contribution in [0.25, 0.3) is 0 Å². The van der Waals surface area contributed by atoms with Crippen molar-refractivity contribution >= 4 is 11.8 Å². The van der Waals surface area contributed by atoms with Crippen LogP contribution >= 0.6 is 0 Å². The van der Waals surface area contributed by atoms with Crippen molar-refractivity contribution in [3.05, 3.63) is 11.6 Å². The molecule has 23 atom stereocenters. The number of Topliss-reactive ketones (excluding diaryl/α,β-unsaturated/α-hetero) is 1. The number of hydrogen-bond acceptors (Lipinski definition) is 19. The highest BCUT2D eigenvalue weighted by Crippen LogP contribution is 2.74. The van der Waals surface area contributed by atoms with Crippen molar-refractivity contribution in [2.24, 2.45) is 44.8 Å². The maximum atomic E-state index is 14.5. The molecule has 0 amide bonds. The number of hydrogen-bond donors (Lipinski definition) is 11. The number of rotatable bonds is 12. The van der Waals surface area contributed by atoms with E-state index in [1.807, 2.05) is 6.08 Å². The third-order valence-electron chi connectivity index (χ3n) is 18.3. The van der Waals surface area contributed by atoms with E-state index in [1.54, 1.807) is 6.92 Å². The Labute approximate surface area is 386 Å². The Morgan fingerprint density at radius 1 is 0.727 bits per heavy atom. The lowest BCUT2D eigenvalue weighted by atomic mass is 9.34. The maximum absolute atomic E-state index is 14.5. The van der Waals surface area contributed by atoms with Crippen molar-refractivity contribution in [1.82, 2.24) is 0 Å². The Morgan fingerprint density at radius 2 is 1.33 bits per heavy atom. The van der Waals surface area contributed by atoms with Crippen LogP contribution in [0.1, 0.15) is 106 Å². The van der Waals surface area contributed by atoms with Crippen LogP contribution in [0.2, 0.25) is 0 Å². The van der Waals surface area contributed by atoms with Crippen molar-refractivity contribution in [1.29, 1.82) is 0 Å². The summed E-state index contributed by atoms with van der Waals surface area (Å²) in [7, 11) is 0. The van der Waals surface area contributed by atoms with Crippen LogP contribution in [-0.2, 0) is 38.0 Å². The third kappa shape index (κ3) is 8.65. The summed E-state index contributed by atoms with van der Waals surface area (Å²) in [5.41, 5.74) is -2.32. The van der Waals surface area contributed by atoms with Gasteiger partial charge in [0, 0.05) is 5.92 Å². The summed E-state index contributed by atoms with van der Waals surface area (Å²) in [5.74, 6) is -1.08. The number of carbonyl (C=O) groups excluding carboxylic acids is 2. The topological polar surface area (TPSA) is 312 Å². The number of fused-ring (bicyclic) bond motifs is 5. The van der Waals surface area contributed by atoms with Crippen molar-refractivity contribution in [3.8, 4) is 0 Å². The van der Waals surface area contributed by atoms with E-state index in [4.69, 9.17) is 28.4 Å². The van der Waals surface area contributed by atoms with Gasteiger partial charge >= 0.3 is 5.97 Å². The zero-order valence-corrected chi connectivity index (χ0v) is 39.2. The summed E-state index contributed by atoms with van der Waals surface area (Å²) >= 11 is 0. The van der Waals surface area contributed by atoms with E-state index in [-0.39, 0.29) is 47.4 Å². The molecule has 0 bridgehead atoms. The molecule has 6 fully saturated rings. The van der Waals surface area contributed by atoms with Gasteiger partial charge in [0.2, 0.25) is 6.29 Å². The van der Waals surface area contributed by atoms with Crippen LogP contribution in [0.15, 0.2) is 11.6 Å². The molecule has 7 rings (SSSR count). The average Bonchev–Trinajstić information content (AvgIpc) is 3.27. The van der Waals surface area contributed by atoms with Crippen LogP contribution < -0.4 is 0 Å². The van der Waals surface area contributed by atoms with Crippen molar-refractivity contribution in [2.45, 2.75) is 204 Å². The van der Waals surface area contributed by atoms with E-state index in [0.29, 0.717) is 38.5 Å². The third-order valence-corrected chi connectivity index (χ3v) is 18.3. The predicted octanol–water partition coefficient (Wildman–Crippen LogP) is -0.680. The predicted molar refractivity (Wildman–Crippen MR) is 228 cm³/mol. The molecule has 0 aromatic carbocycles. The van der Waals surface area contributed by atoms with Crippen LogP contribution in [0.5, 0.6) is 0 Å². The van der Waals surface area contributed by atoms with Crippen LogP contribution in [0.3, 0.4) is 0 Å². The Bertz CT molecular complexity index is 1780. The van der Waals surface area contributed by atoms with E-state index in [9.17, 15) is 65.8 Å². The highest BCUT2D eigenvalue weighted by molar-refractivity contribution is 5.81. The quantitative estimate of drug-likeness (QED) is 0.0656. The first-order valence-corrected chi connectivity index (χ1v) is 23.8. The second-order valence-electron chi connectivity index (χ2n) is 22.1. The minimum Gasteiger partial charge on any atom is -0.432 e. The molecule has 0 spiro atoms. The first-order chi connectivity index (χ1) is 30.8. The smallest absolute Gasteiger partial charge is 0.318 e. The number of carbonyl (C=O) groups is 2. The Kier molecular flexibility index (Phi) is 15.1. The normalized spacial score (nSPS) is 50.8. The molecule has 4 aliphatic carbocycles. The zero-order chi connectivity index (χ0) is 48.6. The standard InChI is InChI=1S/C47H76O19/c1-21(22(2)50)8-13-47(42(60)66-41-36(58)34(56)32(54)27(19-49)63-41)15-14-45(6)23(17-47)24(51)16-29-44(5)11-10-30(43(3,4)28(44)9-12-46(29,45)7)64-39-37(59)38(25(52)20-61-39)65-40-35(57)33(55)31(53)26(18-48)62-40/h17,21,24-41,48-49,51-59H,8-16,18-20H2,1-7H3. The highest BCUT2D eigenvalue weighted by atomic mass is 16.7. The molecule has 0 aromatic rings. The fraction of sp³-hybridized carbons (Fsp3) is 0.915. The largest absolute Gasteiger partial charge is 0.432 e. The molecule has 7 aliphatic rings.